The van der Waals surface area contributed by atoms with Gasteiger partial charge in [-0.05, 0) is 93.3 Å². The molecular weight excluding hydrogens is 458 g/mol. The van der Waals surface area contributed by atoms with Gasteiger partial charge in [-0.3, -0.25) is 0 Å². The normalized spacial score (nSPS) is 11.6. The zero-order valence-electron chi connectivity index (χ0n) is 21.9. The lowest BCUT2D eigenvalue weighted by atomic mass is 10.0. The molecule has 0 amide bonds. The van der Waals surface area contributed by atoms with Gasteiger partial charge in [0.15, 0.2) is 0 Å². The first-order valence-corrected chi connectivity index (χ1v) is 12.8. The molecule has 0 aliphatic carbocycles. The van der Waals surface area contributed by atoms with E-state index in [9.17, 15) is 4.79 Å². The fraction of sp³-hybridized carbons (Fsp3) is 0.242. The van der Waals surface area contributed by atoms with Crippen LogP contribution in [-0.4, -0.2) is 25.6 Å². The highest BCUT2D eigenvalue weighted by molar-refractivity contribution is 5.76. The van der Waals surface area contributed by atoms with E-state index in [4.69, 9.17) is 9.47 Å². The summed E-state index contributed by atoms with van der Waals surface area (Å²) in [5.74, 6) is 0.807. The van der Waals surface area contributed by atoms with Gasteiger partial charge in [0.2, 0.25) is 0 Å². The van der Waals surface area contributed by atoms with Crippen LogP contribution in [0.25, 0.3) is 0 Å². The number of anilines is 3. The Morgan fingerprint density at radius 2 is 1.11 bits per heavy atom. The molecule has 4 aromatic carbocycles. The summed E-state index contributed by atoms with van der Waals surface area (Å²) in [7, 11) is 0. The van der Waals surface area contributed by atoms with Crippen molar-refractivity contribution in [2.75, 3.05) is 18.1 Å². The summed E-state index contributed by atoms with van der Waals surface area (Å²) in [4.78, 5) is 12.7. The number of carbonyl (C=O) groups is 1. The van der Waals surface area contributed by atoms with E-state index in [2.05, 4.69) is 104 Å². The zero-order valence-corrected chi connectivity index (χ0v) is 21.9. The van der Waals surface area contributed by atoms with Crippen molar-refractivity contribution in [1.29, 1.82) is 0 Å². The number of benzene rings is 4. The largest absolute Gasteiger partial charge is 0.491 e. The van der Waals surface area contributed by atoms with Gasteiger partial charge in [0, 0.05) is 17.1 Å². The monoisotopic (exact) mass is 493 g/mol. The molecule has 4 aromatic rings. The minimum atomic E-state index is -0.124. The molecule has 0 aromatic heterocycles. The van der Waals surface area contributed by atoms with Gasteiger partial charge >= 0.3 is 0 Å². The Labute approximate surface area is 220 Å². The summed E-state index contributed by atoms with van der Waals surface area (Å²) in [6.07, 6.45) is 2.55. The smallest absolute Gasteiger partial charge is 0.145 e. The highest BCUT2D eigenvalue weighted by atomic mass is 16.5. The molecule has 1 unspecified atom stereocenters. The van der Waals surface area contributed by atoms with Crippen molar-refractivity contribution in [3.05, 3.63) is 119 Å². The van der Waals surface area contributed by atoms with Crippen molar-refractivity contribution < 1.29 is 14.3 Å². The molecule has 4 rings (SSSR count). The second-order valence-electron chi connectivity index (χ2n) is 9.44. The maximum Gasteiger partial charge on any atom is 0.145 e. The summed E-state index contributed by atoms with van der Waals surface area (Å²) in [6, 6.07) is 34.4. The summed E-state index contributed by atoms with van der Waals surface area (Å²) < 4.78 is 11.1. The molecule has 0 saturated heterocycles. The molecule has 1 atom stereocenters. The first-order valence-electron chi connectivity index (χ1n) is 12.8. The van der Waals surface area contributed by atoms with Crippen molar-refractivity contribution in [3.8, 4) is 5.75 Å². The molecule has 190 valence electrons. The van der Waals surface area contributed by atoms with Crippen LogP contribution in [0.4, 0.5) is 17.1 Å². The van der Waals surface area contributed by atoms with E-state index >= 15 is 0 Å². The first kappa shape index (κ1) is 26.2. The average molecular weight is 494 g/mol. The number of carbonyl (C=O) groups excluding carboxylic acids is 1. The Hall–Kier alpha value is -3.89. The van der Waals surface area contributed by atoms with Crippen LogP contribution in [0, 0.1) is 13.8 Å². The van der Waals surface area contributed by atoms with Crippen molar-refractivity contribution in [2.45, 2.75) is 39.7 Å². The lowest BCUT2D eigenvalue weighted by molar-refractivity contribution is -0.113. The molecule has 0 N–H and O–H groups in total. The van der Waals surface area contributed by atoms with Gasteiger partial charge in [0.25, 0.3) is 0 Å². The molecule has 37 heavy (non-hydrogen) atoms. The van der Waals surface area contributed by atoms with Crippen molar-refractivity contribution in [1.82, 2.24) is 0 Å². The van der Waals surface area contributed by atoms with Crippen LogP contribution in [-0.2, 0) is 22.4 Å². The molecule has 4 heteroatoms. The van der Waals surface area contributed by atoms with E-state index < -0.39 is 0 Å². The molecule has 0 saturated carbocycles. The predicted octanol–water partition coefficient (Wildman–Crippen LogP) is 7.54. The summed E-state index contributed by atoms with van der Waals surface area (Å²) in [5, 5.41) is 0. The Bertz CT molecular complexity index is 1200. The van der Waals surface area contributed by atoms with Crippen LogP contribution in [0.3, 0.4) is 0 Å². The minimum Gasteiger partial charge on any atom is -0.491 e. The number of rotatable bonds is 12. The maximum atomic E-state index is 10.4. The van der Waals surface area contributed by atoms with E-state index in [0.29, 0.717) is 6.61 Å². The minimum absolute atomic E-state index is 0.0976. The quantitative estimate of drug-likeness (QED) is 0.191. The fourth-order valence-electron chi connectivity index (χ4n) is 4.15. The van der Waals surface area contributed by atoms with Crippen LogP contribution in [0.2, 0.25) is 0 Å². The molecule has 0 bridgehead atoms. The second kappa shape index (κ2) is 12.9. The number of hydrogen-bond donors (Lipinski definition) is 0. The van der Waals surface area contributed by atoms with E-state index in [-0.39, 0.29) is 12.7 Å². The van der Waals surface area contributed by atoms with Gasteiger partial charge < -0.3 is 19.2 Å². The highest BCUT2D eigenvalue weighted by Gasteiger charge is 2.12. The standard InChI is InChI=1S/C33H35NO3/c1-25-4-14-30(15-5-25)34(31-16-6-26(2)7-17-31)32-18-10-28(11-19-32)8-9-29-12-20-33(21-13-29)37-24-27(3)36-23-22-35/h4-7,10-22,27H,8-9,23-24H2,1-3H3. The van der Waals surface area contributed by atoms with E-state index in [1.807, 2.05) is 19.1 Å². The van der Waals surface area contributed by atoms with Gasteiger partial charge in [-0.15, -0.1) is 0 Å². The summed E-state index contributed by atoms with van der Waals surface area (Å²) in [5.41, 5.74) is 8.51. The van der Waals surface area contributed by atoms with Crippen molar-refractivity contribution in [3.63, 3.8) is 0 Å². The van der Waals surface area contributed by atoms with Gasteiger partial charge in [-0.2, -0.15) is 0 Å². The third-order valence-corrected chi connectivity index (χ3v) is 6.34. The average Bonchev–Trinajstić information content (AvgIpc) is 2.93. The van der Waals surface area contributed by atoms with E-state index in [1.165, 1.54) is 22.3 Å². The number of aldehydes is 1. The van der Waals surface area contributed by atoms with Crippen molar-refractivity contribution >= 4 is 23.3 Å². The van der Waals surface area contributed by atoms with Crippen LogP contribution in [0.5, 0.6) is 5.75 Å². The number of ether oxygens (including phenoxy) is 2. The topological polar surface area (TPSA) is 38.8 Å². The molecule has 4 nitrogen and oxygen atoms in total. The highest BCUT2D eigenvalue weighted by Crippen LogP contribution is 2.34. The zero-order chi connectivity index (χ0) is 26.0. The third-order valence-electron chi connectivity index (χ3n) is 6.34. The fourth-order valence-corrected chi connectivity index (χ4v) is 4.15. The van der Waals surface area contributed by atoms with E-state index in [0.717, 1.165) is 41.9 Å². The Kier molecular flexibility index (Phi) is 9.12. The lowest BCUT2D eigenvalue weighted by Gasteiger charge is -2.26. The summed E-state index contributed by atoms with van der Waals surface area (Å²) in [6.45, 7) is 6.64. The van der Waals surface area contributed by atoms with Crippen LogP contribution >= 0.6 is 0 Å². The number of aryl methyl sites for hydroxylation is 4. The molecular formula is C33H35NO3. The predicted molar refractivity (Wildman–Crippen MR) is 151 cm³/mol. The maximum absolute atomic E-state index is 10.4. The van der Waals surface area contributed by atoms with Crippen LogP contribution in [0.1, 0.15) is 29.2 Å². The van der Waals surface area contributed by atoms with Gasteiger partial charge in [0.1, 0.15) is 25.2 Å². The van der Waals surface area contributed by atoms with Crippen molar-refractivity contribution in [2.24, 2.45) is 0 Å². The third kappa shape index (κ3) is 7.55. The number of hydrogen-bond acceptors (Lipinski definition) is 4. The lowest BCUT2D eigenvalue weighted by Crippen LogP contribution is -2.19. The Morgan fingerprint density at radius 3 is 1.57 bits per heavy atom. The molecule has 0 aliphatic rings. The van der Waals surface area contributed by atoms with Crippen LogP contribution in [0.15, 0.2) is 97.1 Å². The van der Waals surface area contributed by atoms with Gasteiger partial charge in [-0.1, -0.05) is 59.7 Å². The van der Waals surface area contributed by atoms with E-state index in [1.54, 1.807) is 0 Å². The molecule has 0 fully saturated rings. The van der Waals surface area contributed by atoms with Gasteiger partial charge in [0.05, 0.1) is 6.10 Å². The Balaban J connectivity index is 1.39. The molecule has 0 aliphatic heterocycles. The molecule has 0 spiro atoms. The Morgan fingerprint density at radius 1 is 0.676 bits per heavy atom. The summed E-state index contributed by atoms with van der Waals surface area (Å²) >= 11 is 0. The SMILES string of the molecule is Cc1ccc(N(c2ccc(C)cc2)c2ccc(CCc3ccc(OCC(C)OCC=O)cc3)cc2)cc1. The van der Waals surface area contributed by atoms with Gasteiger partial charge in [-0.25, -0.2) is 0 Å². The first-order chi connectivity index (χ1) is 18.0. The molecule has 0 radical (unpaired) electrons. The second-order valence-corrected chi connectivity index (χ2v) is 9.44. The molecule has 0 heterocycles. The number of nitrogens with zero attached hydrogens (tertiary/aromatic N) is 1. The van der Waals surface area contributed by atoms with Crippen LogP contribution < -0.4 is 9.64 Å².